The Morgan fingerprint density at radius 3 is 2.65 bits per heavy atom. The summed E-state index contributed by atoms with van der Waals surface area (Å²) in [5.41, 5.74) is 2.85. The maximum atomic E-state index is 12.7. The van der Waals surface area contributed by atoms with Gasteiger partial charge in [0.1, 0.15) is 12.4 Å². The molecule has 20 heavy (non-hydrogen) atoms. The highest BCUT2D eigenvalue weighted by Crippen LogP contribution is 2.24. The summed E-state index contributed by atoms with van der Waals surface area (Å²) in [6.07, 6.45) is -0.893. The molecule has 0 fully saturated rings. The Balaban J connectivity index is 2.59. The lowest BCUT2D eigenvalue weighted by Crippen LogP contribution is -2.36. The molecule has 0 saturated carbocycles. The van der Waals surface area contributed by atoms with E-state index in [4.69, 9.17) is 10.6 Å². The third kappa shape index (κ3) is 4.58. The van der Waals surface area contributed by atoms with Crippen molar-refractivity contribution >= 4 is 0 Å². The van der Waals surface area contributed by atoms with Gasteiger partial charge in [0.15, 0.2) is 0 Å². The summed E-state index contributed by atoms with van der Waals surface area (Å²) in [6.45, 7) is -1.70. The van der Waals surface area contributed by atoms with Crippen LogP contribution in [0.25, 0.3) is 0 Å². The molecule has 1 aromatic heterocycles. The molecule has 0 aliphatic heterocycles. The van der Waals surface area contributed by atoms with Gasteiger partial charge in [-0.05, 0) is 11.6 Å². The van der Waals surface area contributed by atoms with Crippen LogP contribution in [0, 0.1) is 0 Å². The van der Waals surface area contributed by atoms with E-state index in [2.05, 4.69) is 15.1 Å². The van der Waals surface area contributed by atoms with Crippen molar-refractivity contribution in [1.29, 1.82) is 0 Å². The maximum absolute atomic E-state index is 12.7. The highest BCUT2D eigenvalue weighted by Gasteiger charge is 2.41. The third-order valence-electron chi connectivity index (χ3n) is 2.47. The Kier molecular flexibility index (Phi) is 6.11. The number of methoxy groups -OCH3 is 1. The van der Waals surface area contributed by atoms with Crippen molar-refractivity contribution in [3.63, 3.8) is 0 Å². The normalized spacial score (nSPS) is 13.6. The quantitative estimate of drug-likeness (QED) is 0.432. The van der Waals surface area contributed by atoms with E-state index >= 15 is 0 Å². The molecular weight excluding hydrogens is 282 g/mol. The van der Waals surface area contributed by atoms with Crippen LogP contribution in [0.4, 0.5) is 17.6 Å². The molecule has 0 aromatic carbocycles. The smallest absolute Gasteiger partial charge is 0.330 e. The second-order valence-corrected chi connectivity index (χ2v) is 3.95. The van der Waals surface area contributed by atoms with E-state index in [1.807, 2.05) is 0 Å². The highest BCUT2D eigenvalue weighted by molar-refractivity contribution is 5.25. The van der Waals surface area contributed by atoms with Gasteiger partial charge in [-0.25, -0.2) is 8.78 Å². The molecule has 0 aliphatic carbocycles. The number of nitrogens with zero attached hydrogens (tertiary/aromatic N) is 1. The SMILES string of the molecule is COc1cncc(C(COCC(F)(F)C(F)F)NN)c1. The molecular formula is C11H15F4N3O2. The lowest BCUT2D eigenvalue weighted by molar-refractivity contribution is -0.167. The molecule has 1 unspecified atom stereocenters. The van der Waals surface area contributed by atoms with Gasteiger partial charge in [-0.1, -0.05) is 0 Å². The average molecular weight is 297 g/mol. The van der Waals surface area contributed by atoms with Crippen LogP contribution >= 0.6 is 0 Å². The molecule has 0 aliphatic rings. The van der Waals surface area contributed by atoms with Gasteiger partial charge in [0.25, 0.3) is 0 Å². The van der Waals surface area contributed by atoms with E-state index in [0.29, 0.717) is 11.3 Å². The standard InChI is InChI=1S/C11H15F4N3O2/c1-19-8-2-7(3-17-4-8)9(18-16)5-20-6-11(14,15)10(12)13/h2-4,9-10,18H,5-6,16H2,1H3. The van der Waals surface area contributed by atoms with Crippen LogP contribution in [0.1, 0.15) is 11.6 Å². The Morgan fingerprint density at radius 2 is 2.10 bits per heavy atom. The minimum absolute atomic E-state index is 0.312. The number of nitrogens with one attached hydrogen (secondary N) is 1. The first-order chi connectivity index (χ1) is 9.40. The molecule has 0 spiro atoms. The molecule has 1 aromatic rings. The fraction of sp³-hybridized carbons (Fsp3) is 0.545. The fourth-order valence-corrected chi connectivity index (χ4v) is 1.35. The summed E-state index contributed by atoms with van der Waals surface area (Å²) in [5, 5.41) is 0. The monoisotopic (exact) mass is 297 g/mol. The molecule has 3 N–H and O–H groups in total. The van der Waals surface area contributed by atoms with Crippen molar-refractivity contribution in [2.75, 3.05) is 20.3 Å². The van der Waals surface area contributed by atoms with Gasteiger partial charge in [-0.2, -0.15) is 8.78 Å². The number of alkyl halides is 4. The highest BCUT2D eigenvalue weighted by atomic mass is 19.3. The summed E-state index contributed by atoms with van der Waals surface area (Å²) in [4.78, 5) is 3.87. The Bertz CT molecular complexity index is 420. The van der Waals surface area contributed by atoms with Gasteiger partial charge < -0.3 is 9.47 Å². The van der Waals surface area contributed by atoms with E-state index in [0.717, 1.165) is 0 Å². The Labute approximate surface area is 113 Å². The molecule has 0 bridgehead atoms. The third-order valence-corrected chi connectivity index (χ3v) is 2.47. The number of hydrogen-bond donors (Lipinski definition) is 2. The van der Waals surface area contributed by atoms with Crippen molar-refractivity contribution in [2.24, 2.45) is 5.84 Å². The average Bonchev–Trinajstić information content (AvgIpc) is 2.43. The summed E-state index contributed by atoms with van der Waals surface area (Å²) in [6, 6.07) is 0.901. The van der Waals surface area contributed by atoms with E-state index in [9.17, 15) is 17.6 Å². The molecule has 5 nitrogen and oxygen atoms in total. The van der Waals surface area contributed by atoms with Crippen molar-refractivity contribution < 1.29 is 27.0 Å². The number of halogens is 4. The zero-order chi connectivity index (χ0) is 15.2. The molecule has 0 amide bonds. The zero-order valence-corrected chi connectivity index (χ0v) is 10.7. The second-order valence-electron chi connectivity index (χ2n) is 3.95. The van der Waals surface area contributed by atoms with Crippen LogP contribution in [0.5, 0.6) is 5.75 Å². The van der Waals surface area contributed by atoms with Gasteiger partial charge in [0, 0.05) is 6.20 Å². The van der Waals surface area contributed by atoms with E-state index in [1.165, 1.54) is 19.5 Å². The van der Waals surface area contributed by atoms with Gasteiger partial charge in [0.05, 0.1) is 26.0 Å². The summed E-state index contributed by atoms with van der Waals surface area (Å²) in [7, 11) is 1.44. The van der Waals surface area contributed by atoms with Gasteiger partial charge in [0.2, 0.25) is 0 Å². The number of aromatic nitrogens is 1. The zero-order valence-electron chi connectivity index (χ0n) is 10.7. The van der Waals surface area contributed by atoms with E-state index in [1.54, 1.807) is 6.07 Å². The summed E-state index contributed by atoms with van der Waals surface area (Å²) >= 11 is 0. The van der Waals surface area contributed by atoms with Gasteiger partial charge >= 0.3 is 12.3 Å². The number of hydrazine groups is 1. The minimum Gasteiger partial charge on any atom is -0.495 e. The number of hydrogen-bond acceptors (Lipinski definition) is 5. The van der Waals surface area contributed by atoms with Gasteiger partial charge in [-0.15, -0.1) is 0 Å². The van der Waals surface area contributed by atoms with Gasteiger partial charge in [-0.3, -0.25) is 16.3 Å². The Morgan fingerprint density at radius 1 is 1.40 bits per heavy atom. The first-order valence-electron chi connectivity index (χ1n) is 5.59. The molecule has 1 heterocycles. The van der Waals surface area contributed by atoms with Crippen LogP contribution < -0.4 is 16.0 Å². The molecule has 9 heteroatoms. The first kappa shape index (κ1) is 16.6. The van der Waals surface area contributed by atoms with Crippen LogP contribution in [0.3, 0.4) is 0 Å². The van der Waals surface area contributed by atoms with Crippen LogP contribution in [0.2, 0.25) is 0 Å². The van der Waals surface area contributed by atoms with Crippen molar-refractivity contribution in [1.82, 2.24) is 10.4 Å². The summed E-state index contributed by atoms with van der Waals surface area (Å²) in [5.74, 6) is 1.53. The number of pyridine rings is 1. The molecule has 1 rings (SSSR count). The predicted molar refractivity (Wildman–Crippen MR) is 62.6 cm³/mol. The summed E-state index contributed by atoms with van der Waals surface area (Å²) < 4.78 is 58.8. The van der Waals surface area contributed by atoms with E-state index in [-0.39, 0.29) is 6.61 Å². The maximum Gasteiger partial charge on any atom is 0.330 e. The molecule has 0 saturated heterocycles. The second kappa shape index (κ2) is 7.36. The molecule has 114 valence electrons. The number of nitrogens with two attached hydrogens (primary N) is 1. The predicted octanol–water partition coefficient (Wildman–Crippen LogP) is 1.51. The van der Waals surface area contributed by atoms with E-state index < -0.39 is 25.0 Å². The van der Waals surface area contributed by atoms with Crippen molar-refractivity contribution in [3.05, 3.63) is 24.0 Å². The minimum atomic E-state index is -4.19. The number of ether oxygens (including phenoxy) is 2. The van der Waals surface area contributed by atoms with Crippen LogP contribution in [-0.4, -0.2) is 37.7 Å². The fourth-order valence-electron chi connectivity index (χ4n) is 1.35. The van der Waals surface area contributed by atoms with Crippen molar-refractivity contribution in [3.8, 4) is 5.75 Å². The van der Waals surface area contributed by atoms with Crippen molar-refractivity contribution in [2.45, 2.75) is 18.4 Å². The van der Waals surface area contributed by atoms with Crippen LogP contribution in [-0.2, 0) is 4.74 Å². The molecule has 0 radical (unpaired) electrons. The topological polar surface area (TPSA) is 69.4 Å². The number of rotatable bonds is 8. The first-order valence-corrected chi connectivity index (χ1v) is 5.59. The van der Waals surface area contributed by atoms with Crippen LogP contribution in [0.15, 0.2) is 18.5 Å². The lowest BCUT2D eigenvalue weighted by atomic mass is 10.1. The Hall–Kier alpha value is -1.45. The largest absolute Gasteiger partial charge is 0.495 e. The molecule has 1 atom stereocenters. The lowest BCUT2D eigenvalue weighted by Gasteiger charge is -2.19.